The summed E-state index contributed by atoms with van der Waals surface area (Å²) in [6.45, 7) is -0.0246. The van der Waals surface area contributed by atoms with Gasteiger partial charge in [0.1, 0.15) is 0 Å². The van der Waals surface area contributed by atoms with Gasteiger partial charge in [-0.1, -0.05) is 35.5 Å². The van der Waals surface area contributed by atoms with Crippen molar-refractivity contribution in [1.82, 2.24) is 15.0 Å². The number of esters is 1. The molecule has 1 aliphatic rings. The van der Waals surface area contributed by atoms with Crippen molar-refractivity contribution in [2.24, 2.45) is 0 Å². The van der Waals surface area contributed by atoms with Gasteiger partial charge in [-0.25, -0.2) is 4.79 Å². The SMILES string of the molecule is O=C(OCc1nc(-c2cccs2)no1)c1ccc(CN2C(=O)c3ccccc3C2=O)cc1. The molecule has 0 spiro atoms. The Balaban J connectivity index is 1.20. The number of carbonyl (C=O) groups is 3. The molecule has 0 unspecified atom stereocenters. The normalized spacial score (nSPS) is 12.8. The van der Waals surface area contributed by atoms with Crippen molar-refractivity contribution in [3.63, 3.8) is 0 Å². The molecule has 3 heterocycles. The minimum absolute atomic E-state index is 0.120. The maximum absolute atomic E-state index is 12.5. The Morgan fingerprint density at radius 3 is 2.34 bits per heavy atom. The summed E-state index contributed by atoms with van der Waals surface area (Å²) in [5, 5.41) is 5.78. The number of ether oxygens (including phenoxy) is 1. The summed E-state index contributed by atoms with van der Waals surface area (Å²) in [6.07, 6.45) is 0. The van der Waals surface area contributed by atoms with Gasteiger partial charge in [0.25, 0.3) is 17.7 Å². The van der Waals surface area contributed by atoms with Gasteiger partial charge in [-0.05, 0) is 41.3 Å². The minimum atomic E-state index is -0.548. The van der Waals surface area contributed by atoms with Crippen molar-refractivity contribution in [3.8, 4) is 10.7 Å². The molecule has 8 nitrogen and oxygen atoms in total. The highest BCUT2D eigenvalue weighted by atomic mass is 32.1. The number of carbonyl (C=O) groups excluding carboxylic acids is 3. The standard InChI is InChI=1S/C23H15N3O5S/c27-21-16-4-1-2-5-17(16)22(28)26(21)12-14-7-9-15(10-8-14)23(29)30-13-19-24-20(25-31-19)18-6-3-11-32-18/h1-11H,12-13H2. The second-order valence-corrected chi connectivity index (χ2v) is 7.95. The van der Waals surface area contributed by atoms with Gasteiger partial charge in [0.2, 0.25) is 5.82 Å². The second-order valence-electron chi connectivity index (χ2n) is 7.00. The van der Waals surface area contributed by atoms with Crippen molar-refractivity contribution in [3.05, 3.63) is 94.2 Å². The van der Waals surface area contributed by atoms with E-state index in [-0.39, 0.29) is 30.9 Å². The first-order valence-corrected chi connectivity index (χ1v) is 10.6. The predicted molar refractivity (Wildman–Crippen MR) is 114 cm³/mol. The molecule has 2 aromatic heterocycles. The van der Waals surface area contributed by atoms with Crippen LogP contribution >= 0.6 is 11.3 Å². The molecule has 32 heavy (non-hydrogen) atoms. The number of hydrogen-bond acceptors (Lipinski definition) is 8. The van der Waals surface area contributed by atoms with Crippen molar-refractivity contribution in [2.45, 2.75) is 13.2 Å². The first-order valence-electron chi connectivity index (χ1n) is 9.68. The molecule has 2 aromatic carbocycles. The third kappa shape index (κ3) is 3.69. The van der Waals surface area contributed by atoms with E-state index in [1.807, 2.05) is 17.5 Å². The Labute approximate surface area is 186 Å². The molecule has 9 heteroatoms. The lowest BCUT2D eigenvalue weighted by Gasteiger charge is -2.14. The van der Waals surface area contributed by atoms with Gasteiger partial charge in [-0.15, -0.1) is 11.3 Å². The Morgan fingerprint density at radius 2 is 1.69 bits per heavy atom. The zero-order chi connectivity index (χ0) is 22.1. The van der Waals surface area contributed by atoms with Gasteiger partial charge < -0.3 is 9.26 Å². The van der Waals surface area contributed by atoms with E-state index >= 15 is 0 Å². The number of imide groups is 1. The maximum Gasteiger partial charge on any atom is 0.338 e. The number of benzene rings is 2. The van der Waals surface area contributed by atoms with Crippen LogP contribution in [0.5, 0.6) is 0 Å². The first-order chi connectivity index (χ1) is 15.6. The smallest absolute Gasteiger partial charge is 0.338 e. The van der Waals surface area contributed by atoms with E-state index < -0.39 is 5.97 Å². The predicted octanol–water partition coefficient (Wildman–Crippen LogP) is 3.95. The summed E-state index contributed by atoms with van der Waals surface area (Å²) < 4.78 is 10.4. The average molecular weight is 445 g/mol. The molecule has 0 saturated heterocycles. The fraction of sp³-hybridized carbons (Fsp3) is 0.0870. The molecule has 0 saturated carbocycles. The van der Waals surface area contributed by atoms with Gasteiger partial charge in [0.05, 0.1) is 28.1 Å². The third-order valence-electron chi connectivity index (χ3n) is 4.94. The van der Waals surface area contributed by atoms with Gasteiger partial charge in [0, 0.05) is 0 Å². The van der Waals surface area contributed by atoms with E-state index in [0.29, 0.717) is 28.1 Å². The zero-order valence-corrected chi connectivity index (χ0v) is 17.4. The summed E-state index contributed by atoms with van der Waals surface area (Å²) in [5.41, 5.74) is 1.85. The molecular formula is C23H15N3O5S. The number of amides is 2. The minimum Gasteiger partial charge on any atom is -0.452 e. The summed E-state index contributed by atoms with van der Waals surface area (Å²) in [7, 11) is 0. The number of fused-ring (bicyclic) bond motifs is 1. The van der Waals surface area contributed by atoms with E-state index in [4.69, 9.17) is 9.26 Å². The quantitative estimate of drug-likeness (QED) is 0.327. The number of hydrogen-bond donors (Lipinski definition) is 0. The van der Waals surface area contributed by atoms with Crippen LogP contribution < -0.4 is 0 Å². The monoisotopic (exact) mass is 445 g/mol. The van der Waals surface area contributed by atoms with Crippen LogP contribution in [-0.4, -0.2) is 32.8 Å². The number of rotatable bonds is 6. The Hall–Kier alpha value is -4.11. The summed E-state index contributed by atoms with van der Waals surface area (Å²) in [4.78, 5) is 43.6. The van der Waals surface area contributed by atoms with Gasteiger partial charge in [-0.2, -0.15) is 4.98 Å². The van der Waals surface area contributed by atoms with E-state index in [0.717, 1.165) is 4.88 Å². The molecule has 0 bridgehead atoms. The van der Waals surface area contributed by atoms with Crippen molar-refractivity contribution >= 4 is 29.1 Å². The van der Waals surface area contributed by atoms with Crippen LogP contribution in [-0.2, 0) is 17.9 Å². The topological polar surface area (TPSA) is 103 Å². The zero-order valence-electron chi connectivity index (χ0n) is 16.6. The van der Waals surface area contributed by atoms with Crippen LogP contribution in [0.4, 0.5) is 0 Å². The van der Waals surface area contributed by atoms with Crippen LogP contribution in [0.1, 0.15) is 42.5 Å². The van der Waals surface area contributed by atoms with Gasteiger partial charge in [0.15, 0.2) is 6.61 Å². The fourth-order valence-corrected chi connectivity index (χ4v) is 3.99. The molecule has 0 atom stereocenters. The number of nitrogens with zero attached hydrogens (tertiary/aromatic N) is 3. The maximum atomic E-state index is 12.5. The molecule has 1 aliphatic heterocycles. The van der Waals surface area contributed by atoms with Crippen molar-refractivity contribution in [2.75, 3.05) is 0 Å². The van der Waals surface area contributed by atoms with Crippen molar-refractivity contribution in [1.29, 1.82) is 0 Å². The van der Waals surface area contributed by atoms with Crippen LogP contribution in [0.2, 0.25) is 0 Å². The second kappa shape index (κ2) is 8.20. The molecule has 0 radical (unpaired) electrons. The first kappa shape index (κ1) is 19.8. The molecule has 2 amide bonds. The average Bonchev–Trinajstić information content (AvgIpc) is 3.56. The largest absolute Gasteiger partial charge is 0.452 e. The summed E-state index contributed by atoms with van der Waals surface area (Å²) >= 11 is 1.48. The van der Waals surface area contributed by atoms with E-state index in [1.54, 1.807) is 48.5 Å². The lowest BCUT2D eigenvalue weighted by atomic mass is 10.1. The molecule has 0 fully saturated rings. The highest BCUT2D eigenvalue weighted by Crippen LogP contribution is 2.24. The third-order valence-corrected chi connectivity index (χ3v) is 5.81. The highest BCUT2D eigenvalue weighted by Gasteiger charge is 2.34. The van der Waals surface area contributed by atoms with E-state index in [9.17, 15) is 14.4 Å². The number of aromatic nitrogens is 2. The fourth-order valence-electron chi connectivity index (χ4n) is 3.34. The lowest BCUT2D eigenvalue weighted by Crippen LogP contribution is -2.29. The summed E-state index contributed by atoms with van der Waals surface area (Å²) in [6, 6.07) is 17.0. The lowest BCUT2D eigenvalue weighted by molar-refractivity contribution is 0.0429. The van der Waals surface area contributed by atoms with Gasteiger partial charge in [-0.3, -0.25) is 14.5 Å². The van der Waals surface area contributed by atoms with Gasteiger partial charge >= 0.3 is 5.97 Å². The van der Waals surface area contributed by atoms with Crippen LogP contribution in [0, 0.1) is 0 Å². The molecule has 0 N–H and O–H groups in total. The molecular weight excluding hydrogens is 430 g/mol. The summed E-state index contributed by atoms with van der Waals surface area (Å²) in [5.74, 6) is -0.549. The van der Waals surface area contributed by atoms with Crippen molar-refractivity contribution < 1.29 is 23.6 Å². The Kier molecular flexibility index (Phi) is 5.08. The molecule has 158 valence electrons. The number of thiophene rings is 1. The van der Waals surface area contributed by atoms with Crippen LogP contribution in [0.25, 0.3) is 10.7 Å². The highest BCUT2D eigenvalue weighted by molar-refractivity contribution is 7.13. The van der Waals surface area contributed by atoms with E-state index in [2.05, 4.69) is 10.1 Å². The Bertz CT molecular complexity index is 1280. The molecule has 5 rings (SSSR count). The Morgan fingerprint density at radius 1 is 0.969 bits per heavy atom. The molecule has 4 aromatic rings. The molecule has 0 aliphatic carbocycles. The van der Waals surface area contributed by atoms with Crippen LogP contribution in [0.15, 0.2) is 70.6 Å². The van der Waals surface area contributed by atoms with Crippen LogP contribution in [0.3, 0.4) is 0 Å². The van der Waals surface area contributed by atoms with E-state index in [1.165, 1.54) is 16.2 Å².